The zero-order chi connectivity index (χ0) is 20.4. The Hall–Kier alpha value is -2.02. The van der Waals surface area contributed by atoms with E-state index in [1.807, 2.05) is 36.4 Å². The van der Waals surface area contributed by atoms with Crippen LogP contribution in [0.4, 0.5) is 14.5 Å². The van der Waals surface area contributed by atoms with E-state index in [4.69, 9.17) is 11.6 Å². The van der Waals surface area contributed by atoms with Crippen molar-refractivity contribution in [2.75, 3.05) is 37.6 Å². The van der Waals surface area contributed by atoms with Gasteiger partial charge in [0, 0.05) is 49.9 Å². The highest BCUT2D eigenvalue weighted by Crippen LogP contribution is 2.34. The maximum absolute atomic E-state index is 13.6. The van der Waals surface area contributed by atoms with E-state index in [9.17, 15) is 13.6 Å². The van der Waals surface area contributed by atoms with Gasteiger partial charge in [-0.3, -0.25) is 14.6 Å². The number of alkyl halides is 2. The quantitative estimate of drug-likeness (QED) is 0.739. The Bertz CT molecular complexity index is 853. The fourth-order valence-corrected chi connectivity index (χ4v) is 4.28. The van der Waals surface area contributed by atoms with E-state index in [-0.39, 0.29) is 18.9 Å². The summed E-state index contributed by atoms with van der Waals surface area (Å²) in [5, 5.41) is 0.725. The van der Waals surface area contributed by atoms with Crippen molar-refractivity contribution in [3.63, 3.8) is 0 Å². The number of nitrogens with zero attached hydrogens (tertiary/aromatic N) is 3. The van der Waals surface area contributed by atoms with Crippen molar-refractivity contribution in [1.82, 2.24) is 9.80 Å². The number of para-hydroxylation sites is 1. The molecule has 1 fully saturated rings. The predicted molar refractivity (Wildman–Crippen MR) is 111 cm³/mol. The van der Waals surface area contributed by atoms with Crippen LogP contribution in [0.2, 0.25) is 5.02 Å². The van der Waals surface area contributed by atoms with E-state index in [0.29, 0.717) is 5.69 Å². The molecule has 0 N–H and O–H groups in total. The number of hydrogen-bond donors (Lipinski definition) is 0. The van der Waals surface area contributed by atoms with Gasteiger partial charge in [0.05, 0.1) is 6.54 Å². The van der Waals surface area contributed by atoms with Crippen LogP contribution < -0.4 is 4.90 Å². The molecular formula is C22H24ClF2N3O. The first kappa shape index (κ1) is 20.3. The second kappa shape index (κ2) is 8.78. The van der Waals surface area contributed by atoms with Crippen molar-refractivity contribution < 1.29 is 13.6 Å². The Kier molecular flexibility index (Phi) is 6.13. The maximum Gasteiger partial charge on any atom is 0.259 e. The number of fused-ring (bicyclic) bond motifs is 1. The lowest BCUT2D eigenvalue weighted by atomic mass is 10.1. The summed E-state index contributed by atoms with van der Waals surface area (Å²) in [6, 6.07) is 14.0. The van der Waals surface area contributed by atoms with Crippen LogP contribution in [-0.4, -0.2) is 60.9 Å². The molecule has 0 bridgehead atoms. The van der Waals surface area contributed by atoms with Crippen molar-refractivity contribution in [2.45, 2.75) is 25.4 Å². The third kappa shape index (κ3) is 4.60. The van der Waals surface area contributed by atoms with Gasteiger partial charge in [-0.2, -0.15) is 0 Å². The maximum atomic E-state index is 13.6. The van der Waals surface area contributed by atoms with Gasteiger partial charge in [-0.15, -0.1) is 0 Å². The summed E-state index contributed by atoms with van der Waals surface area (Å²) in [5.41, 5.74) is 2.65. The predicted octanol–water partition coefficient (Wildman–Crippen LogP) is 3.68. The van der Waals surface area contributed by atoms with Crippen LogP contribution in [0, 0.1) is 0 Å². The van der Waals surface area contributed by atoms with E-state index in [0.717, 1.165) is 43.3 Å². The van der Waals surface area contributed by atoms with Gasteiger partial charge in [-0.1, -0.05) is 41.9 Å². The van der Waals surface area contributed by atoms with Crippen LogP contribution in [0.1, 0.15) is 11.1 Å². The molecule has 1 saturated heterocycles. The fraction of sp³-hybridized carbons (Fsp3) is 0.409. The summed E-state index contributed by atoms with van der Waals surface area (Å²) < 4.78 is 27.1. The summed E-state index contributed by atoms with van der Waals surface area (Å²) in [5.74, 6) is -0.244. The lowest BCUT2D eigenvalue weighted by Gasteiger charge is -2.35. The summed E-state index contributed by atoms with van der Waals surface area (Å²) in [4.78, 5) is 18.6. The molecule has 0 aliphatic carbocycles. The lowest BCUT2D eigenvalue weighted by Crippen LogP contribution is -2.51. The van der Waals surface area contributed by atoms with Gasteiger partial charge < -0.3 is 4.90 Å². The number of piperazine rings is 1. The molecule has 2 aliphatic heterocycles. The van der Waals surface area contributed by atoms with Gasteiger partial charge in [0.1, 0.15) is 6.04 Å². The van der Waals surface area contributed by atoms with Crippen LogP contribution in [0.5, 0.6) is 0 Å². The van der Waals surface area contributed by atoms with Crippen molar-refractivity contribution in [3.8, 4) is 0 Å². The number of benzene rings is 2. The summed E-state index contributed by atoms with van der Waals surface area (Å²) in [7, 11) is 0. The molecule has 2 heterocycles. The van der Waals surface area contributed by atoms with Crippen molar-refractivity contribution in [2.24, 2.45) is 0 Å². The normalized spacial score (nSPS) is 20.3. The Labute approximate surface area is 174 Å². The Balaban J connectivity index is 1.34. The zero-order valence-electron chi connectivity index (χ0n) is 16.1. The minimum atomic E-state index is -2.55. The molecule has 4 rings (SSSR count). The van der Waals surface area contributed by atoms with E-state index in [2.05, 4.69) is 9.80 Å². The molecule has 1 amide bonds. The second-order valence-electron chi connectivity index (χ2n) is 7.68. The molecule has 29 heavy (non-hydrogen) atoms. The first-order valence-electron chi connectivity index (χ1n) is 9.88. The molecule has 154 valence electrons. The summed E-state index contributed by atoms with van der Waals surface area (Å²) in [6.07, 6.45) is -2.34. The van der Waals surface area contributed by atoms with E-state index < -0.39 is 12.5 Å². The molecule has 4 nitrogen and oxygen atoms in total. The Morgan fingerprint density at radius 1 is 1.00 bits per heavy atom. The number of carbonyl (C=O) groups is 1. The molecule has 2 aliphatic rings. The number of amides is 1. The number of anilines is 1. The van der Waals surface area contributed by atoms with Gasteiger partial charge in [0.2, 0.25) is 5.91 Å². The van der Waals surface area contributed by atoms with E-state index in [1.165, 1.54) is 10.5 Å². The van der Waals surface area contributed by atoms with Gasteiger partial charge in [-0.25, -0.2) is 8.78 Å². The fourth-order valence-electron chi connectivity index (χ4n) is 4.16. The smallest absolute Gasteiger partial charge is 0.259 e. The standard InChI is InChI=1S/C22H24ClF2N3O/c23-18-7-5-16(6-8-18)14-26-9-11-27(12-10-26)15-21(29)28-19-4-2-1-3-17(19)13-20(28)22(24)25/h1-8,20,22H,9-15H2/t20-/m0/s1. The van der Waals surface area contributed by atoms with Crippen LogP contribution in [0.25, 0.3) is 0 Å². The van der Waals surface area contributed by atoms with Crippen molar-refractivity contribution in [1.29, 1.82) is 0 Å². The summed E-state index contributed by atoms with van der Waals surface area (Å²) >= 11 is 5.93. The van der Waals surface area contributed by atoms with Gasteiger partial charge in [-0.05, 0) is 29.3 Å². The van der Waals surface area contributed by atoms with Crippen LogP contribution in [0.3, 0.4) is 0 Å². The first-order chi connectivity index (χ1) is 14.0. The van der Waals surface area contributed by atoms with Gasteiger partial charge >= 0.3 is 0 Å². The van der Waals surface area contributed by atoms with E-state index >= 15 is 0 Å². The molecule has 0 spiro atoms. The first-order valence-corrected chi connectivity index (χ1v) is 10.3. The zero-order valence-corrected chi connectivity index (χ0v) is 16.9. The number of rotatable bonds is 5. The number of carbonyl (C=O) groups excluding carboxylic acids is 1. The highest BCUT2D eigenvalue weighted by Gasteiger charge is 2.39. The number of halogens is 3. The lowest BCUT2D eigenvalue weighted by molar-refractivity contribution is -0.121. The third-order valence-corrected chi connectivity index (χ3v) is 5.97. The largest absolute Gasteiger partial charge is 0.302 e. The SMILES string of the molecule is O=C(CN1CCN(Cc2ccc(Cl)cc2)CC1)N1c2ccccc2C[C@H]1C(F)F. The Morgan fingerprint density at radius 2 is 1.66 bits per heavy atom. The molecule has 7 heteroatoms. The van der Waals surface area contributed by atoms with E-state index in [1.54, 1.807) is 12.1 Å². The molecule has 0 unspecified atom stereocenters. The minimum absolute atomic E-state index is 0.173. The molecule has 2 aromatic rings. The molecule has 2 aromatic carbocycles. The highest BCUT2D eigenvalue weighted by molar-refractivity contribution is 6.30. The van der Waals surface area contributed by atoms with Crippen LogP contribution >= 0.6 is 11.6 Å². The highest BCUT2D eigenvalue weighted by atomic mass is 35.5. The number of hydrogen-bond acceptors (Lipinski definition) is 3. The average molecular weight is 420 g/mol. The minimum Gasteiger partial charge on any atom is -0.302 e. The monoisotopic (exact) mass is 419 g/mol. The van der Waals surface area contributed by atoms with Crippen molar-refractivity contribution >= 4 is 23.2 Å². The molecule has 0 aromatic heterocycles. The third-order valence-electron chi connectivity index (χ3n) is 5.71. The second-order valence-corrected chi connectivity index (χ2v) is 8.11. The topological polar surface area (TPSA) is 26.8 Å². The summed E-state index contributed by atoms with van der Waals surface area (Å²) in [6.45, 7) is 4.18. The van der Waals surface area contributed by atoms with Gasteiger partial charge in [0.25, 0.3) is 6.43 Å². The van der Waals surface area contributed by atoms with Crippen LogP contribution in [-0.2, 0) is 17.8 Å². The van der Waals surface area contributed by atoms with Crippen LogP contribution in [0.15, 0.2) is 48.5 Å². The Morgan fingerprint density at radius 3 is 2.34 bits per heavy atom. The van der Waals surface area contributed by atoms with Crippen molar-refractivity contribution in [3.05, 3.63) is 64.7 Å². The molecule has 0 saturated carbocycles. The average Bonchev–Trinajstić information content (AvgIpc) is 3.11. The molecular weight excluding hydrogens is 396 g/mol. The molecule has 0 radical (unpaired) electrons. The van der Waals surface area contributed by atoms with Gasteiger partial charge in [0.15, 0.2) is 0 Å². The molecule has 1 atom stereocenters.